The number of nitrogens with one attached hydrogen (secondary N) is 1. The van der Waals surface area contributed by atoms with Crippen LogP contribution in [0.25, 0.3) is 0 Å². The fourth-order valence-corrected chi connectivity index (χ4v) is 3.01. The summed E-state index contributed by atoms with van der Waals surface area (Å²) in [6.07, 6.45) is 1.83. The number of piperidine rings is 1. The van der Waals surface area contributed by atoms with Crippen LogP contribution in [0, 0.1) is 5.92 Å². The average Bonchev–Trinajstić information content (AvgIpc) is 3.10. The highest BCUT2D eigenvalue weighted by atomic mass is 16.7. The first-order valence-corrected chi connectivity index (χ1v) is 7.70. The summed E-state index contributed by atoms with van der Waals surface area (Å²) >= 11 is 0. The second-order valence-corrected chi connectivity index (χ2v) is 5.59. The molecule has 22 heavy (non-hydrogen) atoms. The molecule has 2 aliphatic rings. The monoisotopic (exact) mass is 306 g/mol. The average molecular weight is 306 g/mol. The van der Waals surface area contributed by atoms with E-state index in [-0.39, 0.29) is 18.2 Å². The molecular weight excluding hydrogens is 284 g/mol. The highest BCUT2D eigenvalue weighted by Gasteiger charge is 2.32. The van der Waals surface area contributed by atoms with Crippen molar-refractivity contribution in [1.82, 2.24) is 4.90 Å². The number of carbonyl (C=O) groups excluding carboxylic acids is 1. The molecule has 0 aromatic heterocycles. The van der Waals surface area contributed by atoms with Crippen molar-refractivity contribution in [3.63, 3.8) is 0 Å². The molecule has 2 amide bonds. The number of rotatable bonds is 3. The van der Waals surface area contributed by atoms with E-state index in [0.29, 0.717) is 31.2 Å². The molecule has 1 N–H and O–H groups in total. The van der Waals surface area contributed by atoms with Gasteiger partial charge in [0.05, 0.1) is 26.0 Å². The third-order valence-corrected chi connectivity index (χ3v) is 4.13. The van der Waals surface area contributed by atoms with Crippen LogP contribution in [0.1, 0.15) is 12.8 Å². The van der Waals surface area contributed by atoms with Gasteiger partial charge in [-0.25, -0.2) is 4.79 Å². The minimum Gasteiger partial charge on any atom is -0.495 e. The van der Waals surface area contributed by atoms with E-state index >= 15 is 0 Å². The molecule has 3 rings (SSSR count). The van der Waals surface area contributed by atoms with Crippen molar-refractivity contribution in [3.05, 3.63) is 24.3 Å². The molecule has 1 aromatic carbocycles. The Balaban J connectivity index is 1.61. The maximum atomic E-state index is 12.5. The summed E-state index contributed by atoms with van der Waals surface area (Å²) in [4.78, 5) is 14.3. The molecule has 2 saturated heterocycles. The fourth-order valence-electron chi connectivity index (χ4n) is 3.01. The number of hydrogen-bond donors (Lipinski definition) is 1. The van der Waals surface area contributed by atoms with Crippen LogP contribution in [0.4, 0.5) is 10.5 Å². The summed E-state index contributed by atoms with van der Waals surface area (Å²) in [6.45, 7) is 2.71. The quantitative estimate of drug-likeness (QED) is 0.931. The lowest BCUT2D eigenvalue weighted by molar-refractivity contribution is -0.0959. The number of nitrogens with zero attached hydrogens (tertiary/aromatic N) is 1. The van der Waals surface area contributed by atoms with E-state index in [2.05, 4.69) is 5.32 Å². The van der Waals surface area contributed by atoms with Gasteiger partial charge in [-0.15, -0.1) is 0 Å². The maximum absolute atomic E-state index is 12.5. The van der Waals surface area contributed by atoms with E-state index in [4.69, 9.17) is 14.2 Å². The Labute approximate surface area is 130 Å². The van der Waals surface area contributed by atoms with E-state index in [9.17, 15) is 4.79 Å². The third-order valence-electron chi connectivity index (χ3n) is 4.13. The molecule has 2 aliphatic heterocycles. The normalized spacial score (nSPS) is 22.6. The second kappa shape index (κ2) is 6.98. The number of benzene rings is 1. The van der Waals surface area contributed by atoms with Gasteiger partial charge in [-0.05, 0) is 25.0 Å². The Morgan fingerprint density at radius 1 is 1.32 bits per heavy atom. The SMILES string of the molecule is COc1ccccc1NC(=O)N1CCCC(C2OCCO2)C1. The van der Waals surface area contributed by atoms with Gasteiger partial charge in [0, 0.05) is 19.0 Å². The first-order chi connectivity index (χ1) is 10.8. The summed E-state index contributed by atoms with van der Waals surface area (Å²) in [5.74, 6) is 0.909. The predicted octanol–water partition coefficient (Wildman–Crippen LogP) is 2.31. The van der Waals surface area contributed by atoms with E-state index in [0.717, 1.165) is 19.4 Å². The number of methoxy groups -OCH3 is 1. The lowest BCUT2D eigenvalue weighted by Gasteiger charge is -2.34. The molecule has 6 heteroatoms. The van der Waals surface area contributed by atoms with Crippen LogP contribution >= 0.6 is 0 Å². The smallest absolute Gasteiger partial charge is 0.321 e. The third kappa shape index (κ3) is 3.34. The van der Waals surface area contributed by atoms with Gasteiger partial charge in [-0.2, -0.15) is 0 Å². The number of carbonyl (C=O) groups is 1. The second-order valence-electron chi connectivity index (χ2n) is 5.59. The molecule has 0 radical (unpaired) electrons. The first kappa shape index (κ1) is 15.1. The Hall–Kier alpha value is -1.79. The number of para-hydroxylation sites is 2. The fraction of sp³-hybridized carbons (Fsp3) is 0.562. The van der Waals surface area contributed by atoms with Crippen LogP contribution in [0.3, 0.4) is 0 Å². The highest BCUT2D eigenvalue weighted by Crippen LogP contribution is 2.27. The summed E-state index contributed by atoms with van der Waals surface area (Å²) in [5, 5.41) is 2.92. The summed E-state index contributed by atoms with van der Waals surface area (Å²) in [7, 11) is 1.59. The number of likely N-dealkylation sites (tertiary alicyclic amines) is 1. The van der Waals surface area contributed by atoms with Crippen LogP contribution in [0.5, 0.6) is 5.75 Å². The molecule has 1 atom stereocenters. The lowest BCUT2D eigenvalue weighted by Crippen LogP contribution is -2.45. The van der Waals surface area contributed by atoms with Crippen molar-refractivity contribution >= 4 is 11.7 Å². The Kier molecular flexibility index (Phi) is 4.80. The number of anilines is 1. The molecular formula is C16H22N2O4. The number of hydrogen-bond acceptors (Lipinski definition) is 4. The van der Waals surface area contributed by atoms with Crippen molar-refractivity contribution in [3.8, 4) is 5.75 Å². The van der Waals surface area contributed by atoms with Crippen LogP contribution in [-0.4, -0.2) is 50.6 Å². The largest absolute Gasteiger partial charge is 0.495 e. The topological polar surface area (TPSA) is 60.0 Å². The van der Waals surface area contributed by atoms with Gasteiger partial charge in [-0.3, -0.25) is 0 Å². The van der Waals surface area contributed by atoms with Crippen molar-refractivity contribution in [1.29, 1.82) is 0 Å². The van der Waals surface area contributed by atoms with E-state index in [1.165, 1.54) is 0 Å². The van der Waals surface area contributed by atoms with Crippen LogP contribution in [-0.2, 0) is 9.47 Å². The van der Waals surface area contributed by atoms with Crippen LogP contribution < -0.4 is 10.1 Å². The first-order valence-electron chi connectivity index (χ1n) is 7.70. The lowest BCUT2D eigenvalue weighted by atomic mass is 9.98. The minimum absolute atomic E-state index is 0.104. The molecule has 1 aromatic rings. The molecule has 2 fully saturated rings. The van der Waals surface area contributed by atoms with Gasteiger partial charge in [-0.1, -0.05) is 12.1 Å². The number of ether oxygens (including phenoxy) is 3. The minimum atomic E-state index is -0.165. The molecule has 0 bridgehead atoms. The molecule has 6 nitrogen and oxygen atoms in total. The van der Waals surface area contributed by atoms with Gasteiger partial charge < -0.3 is 24.4 Å². The van der Waals surface area contributed by atoms with Crippen LogP contribution in [0.2, 0.25) is 0 Å². The van der Waals surface area contributed by atoms with Gasteiger partial charge in [0.25, 0.3) is 0 Å². The summed E-state index contributed by atoms with van der Waals surface area (Å²) in [5.41, 5.74) is 0.686. The molecule has 0 saturated carbocycles. The van der Waals surface area contributed by atoms with Crippen LogP contribution in [0.15, 0.2) is 24.3 Å². The van der Waals surface area contributed by atoms with Gasteiger partial charge in [0.2, 0.25) is 0 Å². The number of urea groups is 1. The molecule has 120 valence electrons. The number of amides is 2. The van der Waals surface area contributed by atoms with Crippen molar-refractivity contribution < 1.29 is 19.0 Å². The zero-order valence-corrected chi connectivity index (χ0v) is 12.8. The van der Waals surface area contributed by atoms with E-state index in [1.54, 1.807) is 7.11 Å². The predicted molar refractivity (Wildman–Crippen MR) is 82.0 cm³/mol. The molecule has 0 spiro atoms. The van der Waals surface area contributed by atoms with Crippen molar-refractivity contribution in [2.24, 2.45) is 5.92 Å². The standard InChI is InChI=1S/C16H22N2O4/c1-20-14-7-3-2-6-13(14)17-16(19)18-8-4-5-12(11-18)15-21-9-10-22-15/h2-3,6-7,12,15H,4-5,8-11H2,1H3,(H,17,19). The Bertz CT molecular complexity index is 517. The van der Waals surface area contributed by atoms with Gasteiger partial charge in [0.1, 0.15) is 5.75 Å². The zero-order valence-electron chi connectivity index (χ0n) is 12.8. The summed E-state index contributed by atoms with van der Waals surface area (Å²) < 4.78 is 16.4. The van der Waals surface area contributed by atoms with E-state index < -0.39 is 0 Å². The van der Waals surface area contributed by atoms with Gasteiger partial charge >= 0.3 is 6.03 Å². The molecule has 1 unspecified atom stereocenters. The van der Waals surface area contributed by atoms with Gasteiger partial charge in [0.15, 0.2) is 6.29 Å². The Morgan fingerprint density at radius 2 is 2.09 bits per heavy atom. The van der Waals surface area contributed by atoms with Crippen molar-refractivity contribution in [2.45, 2.75) is 19.1 Å². The summed E-state index contributed by atoms with van der Waals surface area (Å²) in [6, 6.07) is 7.31. The Morgan fingerprint density at radius 3 is 2.86 bits per heavy atom. The van der Waals surface area contributed by atoms with Crippen molar-refractivity contribution in [2.75, 3.05) is 38.7 Å². The molecule has 2 heterocycles. The van der Waals surface area contributed by atoms with E-state index in [1.807, 2.05) is 29.2 Å². The molecule has 0 aliphatic carbocycles. The highest BCUT2D eigenvalue weighted by molar-refractivity contribution is 5.91. The zero-order chi connectivity index (χ0) is 15.4. The maximum Gasteiger partial charge on any atom is 0.321 e.